The van der Waals surface area contributed by atoms with E-state index in [1.165, 1.54) is 29.5 Å². The van der Waals surface area contributed by atoms with Gasteiger partial charge in [-0.25, -0.2) is 0 Å². The Balaban J connectivity index is 0. The molecule has 0 nitrogen and oxygen atoms in total. The van der Waals surface area contributed by atoms with Crippen molar-refractivity contribution in [1.29, 1.82) is 0 Å². The van der Waals surface area contributed by atoms with Crippen LogP contribution in [-0.4, -0.2) is 0 Å². The minimum Gasteiger partial charge on any atom is -0.0683 e. The number of hydrogen-bond donors (Lipinski definition) is 0. The predicted molar refractivity (Wildman–Crippen MR) is 72.6 cm³/mol. The first-order valence-electron chi connectivity index (χ1n) is 6.30. The number of hydrogen-bond acceptors (Lipinski definition) is 0. The highest BCUT2D eigenvalue weighted by atomic mass is 14.0. The number of aryl methyl sites for hydroxylation is 3. The van der Waals surface area contributed by atoms with Crippen LogP contribution < -0.4 is 0 Å². The lowest BCUT2D eigenvalue weighted by Gasteiger charge is -2.04. The SMILES string of the molecule is CC.CC.CCCc1ccc(C)cc1C. The molecule has 0 aliphatic rings. The smallest absolute Gasteiger partial charge is 0.0279 e. The average molecular weight is 208 g/mol. The third-order valence-corrected chi connectivity index (χ3v) is 2.02. The van der Waals surface area contributed by atoms with Gasteiger partial charge in [-0.15, -0.1) is 0 Å². The fourth-order valence-corrected chi connectivity index (χ4v) is 1.40. The lowest BCUT2D eigenvalue weighted by molar-refractivity contribution is 0.912. The minimum atomic E-state index is 1.21. The molecule has 0 N–H and O–H groups in total. The third kappa shape index (κ3) is 7.18. The monoisotopic (exact) mass is 208 g/mol. The van der Waals surface area contributed by atoms with Gasteiger partial charge in [0.15, 0.2) is 0 Å². The van der Waals surface area contributed by atoms with Gasteiger partial charge in [-0.3, -0.25) is 0 Å². The molecule has 0 aliphatic carbocycles. The Morgan fingerprint density at radius 2 is 1.47 bits per heavy atom. The summed E-state index contributed by atoms with van der Waals surface area (Å²) in [5.41, 5.74) is 4.30. The van der Waals surface area contributed by atoms with Gasteiger partial charge in [0.25, 0.3) is 0 Å². The van der Waals surface area contributed by atoms with Gasteiger partial charge in [-0.2, -0.15) is 0 Å². The normalized spacial score (nSPS) is 8.20. The first-order valence-corrected chi connectivity index (χ1v) is 6.30. The summed E-state index contributed by atoms with van der Waals surface area (Å²) in [6, 6.07) is 6.69. The molecular formula is C15H28. The Bertz CT molecular complexity index is 236. The minimum absolute atomic E-state index is 1.21. The van der Waals surface area contributed by atoms with Crippen molar-refractivity contribution in [3.63, 3.8) is 0 Å². The van der Waals surface area contributed by atoms with Crippen molar-refractivity contribution in [1.82, 2.24) is 0 Å². The van der Waals surface area contributed by atoms with Crippen molar-refractivity contribution in [3.05, 3.63) is 34.9 Å². The van der Waals surface area contributed by atoms with E-state index in [4.69, 9.17) is 0 Å². The van der Waals surface area contributed by atoms with Gasteiger partial charge in [0.2, 0.25) is 0 Å². The molecule has 1 aromatic carbocycles. The van der Waals surface area contributed by atoms with Crippen LogP contribution in [0.25, 0.3) is 0 Å². The van der Waals surface area contributed by atoms with Gasteiger partial charge in [0.05, 0.1) is 0 Å². The fourth-order valence-electron chi connectivity index (χ4n) is 1.40. The van der Waals surface area contributed by atoms with Crippen LogP contribution in [0.1, 0.15) is 57.7 Å². The van der Waals surface area contributed by atoms with Crippen LogP contribution in [0.2, 0.25) is 0 Å². The van der Waals surface area contributed by atoms with Crippen molar-refractivity contribution in [2.75, 3.05) is 0 Å². The van der Waals surface area contributed by atoms with E-state index >= 15 is 0 Å². The zero-order valence-corrected chi connectivity index (χ0v) is 11.6. The van der Waals surface area contributed by atoms with Crippen molar-refractivity contribution < 1.29 is 0 Å². The van der Waals surface area contributed by atoms with E-state index in [2.05, 4.69) is 39.0 Å². The van der Waals surface area contributed by atoms with Crippen LogP contribution >= 0.6 is 0 Å². The zero-order valence-electron chi connectivity index (χ0n) is 11.6. The van der Waals surface area contributed by atoms with Gasteiger partial charge in [0, 0.05) is 0 Å². The van der Waals surface area contributed by atoms with Gasteiger partial charge >= 0.3 is 0 Å². The molecule has 0 heteroatoms. The van der Waals surface area contributed by atoms with Gasteiger partial charge in [-0.05, 0) is 31.4 Å². The van der Waals surface area contributed by atoms with E-state index in [0.29, 0.717) is 0 Å². The van der Waals surface area contributed by atoms with E-state index in [1.807, 2.05) is 27.7 Å². The van der Waals surface area contributed by atoms with E-state index in [9.17, 15) is 0 Å². The van der Waals surface area contributed by atoms with Gasteiger partial charge in [-0.1, -0.05) is 64.8 Å². The molecule has 0 saturated heterocycles. The summed E-state index contributed by atoms with van der Waals surface area (Å²) in [5.74, 6) is 0. The lowest BCUT2D eigenvalue weighted by atomic mass is 10.0. The summed E-state index contributed by atoms with van der Waals surface area (Å²) < 4.78 is 0. The largest absolute Gasteiger partial charge is 0.0683 e. The number of rotatable bonds is 2. The summed E-state index contributed by atoms with van der Waals surface area (Å²) in [7, 11) is 0. The first-order chi connectivity index (χ1) is 7.24. The second-order valence-electron chi connectivity index (χ2n) is 3.18. The van der Waals surface area contributed by atoms with Crippen LogP contribution in [0.4, 0.5) is 0 Å². The Labute approximate surface area is 96.7 Å². The van der Waals surface area contributed by atoms with Crippen LogP contribution in [0.3, 0.4) is 0 Å². The summed E-state index contributed by atoms with van der Waals surface area (Å²) in [6.07, 6.45) is 2.45. The second kappa shape index (κ2) is 11.3. The average Bonchev–Trinajstić information content (AvgIpc) is 2.28. The molecule has 0 amide bonds. The van der Waals surface area contributed by atoms with Crippen molar-refractivity contribution in [2.45, 2.75) is 61.3 Å². The number of benzene rings is 1. The molecular weight excluding hydrogens is 180 g/mol. The van der Waals surface area contributed by atoms with Crippen LogP contribution in [0, 0.1) is 13.8 Å². The molecule has 0 fully saturated rings. The van der Waals surface area contributed by atoms with Gasteiger partial charge < -0.3 is 0 Å². The first kappa shape index (κ1) is 16.6. The third-order valence-electron chi connectivity index (χ3n) is 2.02. The molecule has 0 bridgehead atoms. The molecule has 0 aliphatic heterocycles. The predicted octanol–water partition coefficient (Wildman–Crippen LogP) is 5.31. The van der Waals surface area contributed by atoms with E-state index in [0.717, 1.165) is 0 Å². The quantitative estimate of drug-likeness (QED) is 0.618. The highest BCUT2D eigenvalue weighted by Crippen LogP contribution is 2.11. The molecule has 0 atom stereocenters. The summed E-state index contributed by atoms with van der Waals surface area (Å²) in [4.78, 5) is 0. The standard InChI is InChI=1S/C11H16.2C2H6/c1-4-5-11-7-6-9(2)8-10(11)3;2*1-2/h6-8H,4-5H2,1-3H3;2*1-2H3. The Kier molecular flexibility index (Phi) is 12.5. The van der Waals surface area contributed by atoms with E-state index in [1.54, 1.807) is 0 Å². The van der Waals surface area contributed by atoms with Crippen LogP contribution in [-0.2, 0) is 6.42 Å². The molecule has 1 rings (SSSR count). The van der Waals surface area contributed by atoms with Crippen LogP contribution in [0.15, 0.2) is 18.2 Å². The van der Waals surface area contributed by atoms with E-state index in [-0.39, 0.29) is 0 Å². The van der Waals surface area contributed by atoms with Crippen LogP contribution in [0.5, 0.6) is 0 Å². The van der Waals surface area contributed by atoms with Crippen molar-refractivity contribution in [2.24, 2.45) is 0 Å². The van der Waals surface area contributed by atoms with E-state index < -0.39 is 0 Å². The molecule has 88 valence electrons. The maximum Gasteiger partial charge on any atom is -0.0279 e. The molecule has 1 aromatic rings. The Morgan fingerprint density at radius 3 is 1.87 bits per heavy atom. The Hall–Kier alpha value is -0.780. The maximum atomic E-state index is 2.25. The van der Waals surface area contributed by atoms with Crippen molar-refractivity contribution in [3.8, 4) is 0 Å². The highest BCUT2D eigenvalue weighted by Gasteiger charge is 1.95. The maximum absolute atomic E-state index is 2.25. The summed E-state index contributed by atoms with van der Waals surface area (Å²) in [5, 5.41) is 0. The molecule has 0 spiro atoms. The fraction of sp³-hybridized carbons (Fsp3) is 0.600. The summed E-state index contributed by atoms with van der Waals surface area (Å²) in [6.45, 7) is 14.6. The molecule has 0 radical (unpaired) electrons. The topological polar surface area (TPSA) is 0 Å². The van der Waals surface area contributed by atoms with Crippen molar-refractivity contribution >= 4 is 0 Å². The highest BCUT2D eigenvalue weighted by molar-refractivity contribution is 5.30. The lowest BCUT2D eigenvalue weighted by Crippen LogP contribution is -1.88. The molecule has 15 heavy (non-hydrogen) atoms. The molecule has 0 aromatic heterocycles. The molecule has 0 unspecified atom stereocenters. The molecule has 0 heterocycles. The Morgan fingerprint density at radius 1 is 0.933 bits per heavy atom. The zero-order chi connectivity index (χ0) is 12.3. The van der Waals surface area contributed by atoms with Gasteiger partial charge in [0.1, 0.15) is 0 Å². The summed E-state index contributed by atoms with van der Waals surface area (Å²) >= 11 is 0. The molecule has 0 saturated carbocycles. The second-order valence-corrected chi connectivity index (χ2v) is 3.18.